The van der Waals surface area contributed by atoms with E-state index in [1.807, 2.05) is 6.07 Å². The second-order valence-corrected chi connectivity index (χ2v) is 5.88. The number of rotatable bonds is 2. The molecule has 0 spiro atoms. The summed E-state index contributed by atoms with van der Waals surface area (Å²) in [5.74, 6) is -0.416. The molecule has 0 radical (unpaired) electrons. The Bertz CT molecular complexity index is 706. The van der Waals surface area contributed by atoms with Crippen LogP contribution in [0.15, 0.2) is 18.2 Å². The Morgan fingerprint density at radius 1 is 1.29 bits per heavy atom. The number of nitrogens with zero attached hydrogens (tertiary/aromatic N) is 3. The molecule has 0 amide bonds. The van der Waals surface area contributed by atoms with Gasteiger partial charge in [-0.2, -0.15) is 14.0 Å². The van der Waals surface area contributed by atoms with Gasteiger partial charge in [-0.1, -0.05) is 19.3 Å². The minimum atomic E-state index is -3.51. The van der Waals surface area contributed by atoms with Crippen LogP contribution in [0.25, 0.3) is 11.0 Å². The van der Waals surface area contributed by atoms with Crippen molar-refractivity contribution in [2.24, 2.45) is 0 Å². The number of imidazole rings is 1. The van der Waals surface area contributed by atoms with Crippen molar-refractivity contribution in [3.05, 3.63) is 29.6 Å². The average molecular weight is 310 g/mol. The molecule has 1 heterocycles. The third kappa shape index (κ3) is 2.60. The van der Waals surface area contributed by atoms with E-state index in [4.69, 9.17) is 16.9 Å². The van der Waals surface area contributed by atoms with Crippen LogP contribution < -0.4 is 0 Å². The smallest absolute Gasteiger partial charge is 0.319 e. The summed E-state index contributed by atoms with van der Waals surface area (Å²) in [6.45, 7) is 0. The van der Waals surface area contributed by atoms with E-state index in [0.717, 1.165) is 32.1 Å². The van der Waals surface area contributed by atoms with E-state index in [1.54, 1.807) is 16.7 Å². The predicted octanol–water partition coefficient (Wildman–Crippen LogP) is 4.70. The Labute approximate surface area is 126 Å². The third-order valence-electron chi connectivity index (χ3n) is 4.01. The molecule has 1 aromatic carbocycles. The molecular weight excluding hydrogens is 296 g/mol. The zero-order valence-electron chi connectivity index (χ0n) is 11.3. The third-order valence-corrected chi connectivity index (χ3v) is 4.18. The molecule has 2 aromatic rings. The van der Waals surface area contributed by atoms with E-state index in [0.29, 0.717) is 16.6 Å². The number of benzene rings is 1. The van der Waals surface area contributed by atoms with Crippen LogP contribution in [0.5, 0.6) is 0 Å². The van der Waals surface area contributed by atoms with E-state index in [2.05, 4.69) is 4.98 Å². The number of fused-ring (bicyclic) bond motifs is 1. The van der Waals surface area contributed by atoms with Crippen molar-refractivity contribution in [2.75, 3.05) is 0 Å². The van der Waals surface area contributed by atoms with Gasteiger partial charge >= 0.3 is 5.38 Å². The standard InChI is InChI=1S/C15H14ClF2N3/c16-15(17,18)14-20-12-8-10(9-19)6-7-13(12)21(14)11-4-2-1-3-5-11/h6-8,11H,1-5H2. The van der Waals surface area contributed by atoms with E-state index in [-0.39, 0.29) is 6.04 Å². The zero-order chi connectivity index (χ0) is 15.0. The molecule has 3 nitrogen and oxygen atoms in total. The SMILES string of the molecule is N#Cc1ccc2c(c1)nc(C(F)(F)Cl)n2C1CCCCC1. The molecule has 1 fully saturated rings. The van der Waals surface area contributed by atoms with Gasteiger partial charge in [-0.3, -0.25) is 0 Å². The summed E-state index contributed by atoms with van der Waals surface area (Å²) in [6, 6.07) is 6.83. The van der Waals surface area contributed by atoms with Gasteiger partial charge in [-0.15, -0.1) is 0 Å². The van der Waals surface area contributed by atoms with Gasteiger partial charge in [-0.05, 0) is 42.6 Å². The molecule has 6 heteroatoms. The molecule has 0 aliphatic heterocycles. The summed E-state index contributed by atoms with van der Waals surface area (Å²) < 4.78 is 29.0. The molecule has 1 saturated carbocycles. The number of aromatic nitrogens is 2. The van der Waals surface area contributed by atoms with Crippen LogP contribution in [0.2, 0.25) is 0 Å². The normalized spacial score (nSPS) is 17.0. The van der Waals surface area contributed by atoms with Crippen molar-refractivity contribution >= 4 is 22.6 Å². The fourth-order valence-electron chi connectivity index (χ4n) is 3.08. The Kier molecular flexibility index (Phi) is 3.58. The first-order valence-electron chi connectivity index (χ1n) is 7.00. The fraction of sp³-hybridized carbons (Fsp3) is 0.467. The maximum atomic E-state index is 13.7. The fourth-order valence-corrected chi connectivity index (χ4v) is 3.21. The van der Waals surface area contributed by atoms with E-state index >= 15 is 0 Å². The van der Waals surface area contributed by atoms with Gasteiger partial charge in [0.1, 0.15) is 0 Å². The Morgan fingerprint density at radius 2 is 2.00 bits per heavy atom. The highest BCUT2D eigenvalue weighted by Gasteiger charge is 2.37. The molecule has 110 valence electrons. The molecule has 1 aliphatic carbocycles. The van der Waals surface area contributed by atoms with Gasteiger partial charge in [0.15, 0.2) is 5.82 Å². The van der Waals surface area contributed by atoms with Crippen molar-refractivity contribution in [3.8, 4) is 6.07 Å². The van der Waals surface area contributed by atoms with Crippen LogP contribution in [0, 0.1) is 11.3 Å². The van der Waals surface area contributed by atoms with Gasteiger partial charge in [0.05, 0.1) is 22.7 Å². The average Bonchev–Trinajstić information content (AvgIpc) is 2.86. The largest absolute Gasteiger partial charge is 0.380 e. The van der Waals surface area contributed by atoms with Gasteiger partial charge in [-0.25, -0.2) is 4.98 Å². The first-order valence-corrected chi connectivity index (χ1v) is 7.38. The first kappa shape index (κ1) is 14.3. The van der Waals surface area contributed by atoms with Crippen LogP contribution in [-0.2, 0) is 5.38 Å². The quantitative estimate of drug-likeness (QED) is 0.754. The van der Waals surface area contributed by atoms with Crippen molar-refractivity contribution in [3.63, 3.8) is 0 Å². The minimum absolute atomic E-state index is 0.00342. The summed E-state index contributed by atoms with van der Waals surface area (Å²) in [7, 11) is 0. The Morgan fingerprint density at radius 3 is 2.62 bits per heavy atom. The number of hydrogen-bond donors (Lipinski definition) is 0. The van der Waals surface area contributed by atoms with E-state index in [9.17, 15) is 8.78 Å². The van der Waals surface area contributed by atoms with Gasteiger partial charge in [0.25, 0.3) is 0 Å². The van der Waals surface area contributed by atoms with Crippen molar-refractivity contribution in [1.29, 1.82) is 5.26 Å². The highest BCUT2D eigenvalue weighted by atomic mass is 35.5. The zero-order valence-corrected chi connectivity index (χ0v) is 12.1. The molecule has 0 bridgehead atoms. The maximum Gasteiger partial charge on any atom is 0.380 e. The molecule has 0 atom stereocenters. The second kappa shape index (κ2) is 5.27. The summed E-state index contributed by atoms with van der Waals surface area (Å²) in [5.41, 5.74) is 1.42. The maximum absolute atomic E-state index is 13.7. The predicted molar refractivity (Wildman–Crippen MR) is 76.3 cm³/mol. The molecule has 3 rings (SSSR count). The van der Waals surface area contributed by atoms with Crippen LogP contribution in [0.1, 0.15) is 49.5 Å². The summed E-state index contributed by atoms with van der Waals surface area (Å²) in [5, 5.41) is 5.41. The second-order valence-electron chi connectivity index (χ2n) is 5.41. The number of alkyl halides is 3. The topological polar surface area (TPSA) is 41.6 Å². The lowest BCUT2D eigenvalue weighted by molar-refractivity contribution is 0.0772. The number of nitriles is 1. The van der Waals surface area contributed by atoms with Crippen molar-refractivity contribution in [2.45, 2.75) is 43.5 Å². The first-order chi connectivity index (χ1) is 10.0. The lowest BCUT2D eigenvalue weighted by Crippen LogP contribution is -2.20. The Hall–Kier alpha value is -1.67. The van der Waals surface area contributed by atoms with Gasteiger partial charge in [0.2, 0.25) is 0 Å². The lowest BCUT2D eigenvalue weighted by Gasteiger charge is -2.26. The highest BCUT2D eigenvalue weighted by Crippen LogP contribution is 2.39. The molecule has 21 heavy (non-hydrogen) atoms. The molecular formula is C15H14ClF2N3. The summed E-state index contributed by atoms with van der Waals surface area (Å²) in [6.07, 6.45) is 4.88. The molecule has 0 unspecified atom stereocenters. The number of halogens is 3. The van der Waals surface area contributed by atoms with Gasteiger partial charge < -0.3 is 4.57 Å². The van der Waals surface area contributed by atoms with Crippen LogP contribution in [0.3, 0.4) is 0 Å². The highest BCUT2D eigenvalue weighted by molar-refractivity contribution is 6.21. The van der Waals surface area contributed by atoms with Crippen molar-refractivity contribution in [1.82, 2.24) is 9.55 Å². The molecule has 1 aliphatic rings. The number of hydrogen-bond acceptors (Lipinski definition) is 2. The van der Waals surface area contributed by atoms with Crippen LogP contribution >= 0.6 is 11.6 Å². The molecule has 1 aromatic heterocycles. The van der Waals surface area contributed by atoms with Crippen LogP contribution in [0.4, 0.5) is 8.78 Å². The monoisotopic (exact) mass is 309 g/mol. The minimum Gasteiger partial charge on any atom is -0.319 e. The van der Waals surface area contributed by atoms with E-state index < -0.39 is 11.2 Å². The molecule has 0 N–H and O–H groups in total. The van der Waals surface area contributed by atoms with Crippen LogP contribution in [-0.4, -0.2) is 9.55 Å². The Balaban J connectivity index is 2.20. The summed E-state index contributed by atoms with van der Waals surface area (Å²) >= 11 is 5.25. The van der Waals surface area contributed by atoms with Crippen molar-refractivity contribution < 1.29 is 8.78 Å². The lowest BCUT2D eigenvalue weighted by atomic mass is 9.95. The van der Waals surface area contributed by atoms with E-state index in [1.165, 1.54) is 6.07 Å². The summed E-state index contributed by atoms with van der Waals surface area (Å²) in [4.78, 5) is 4.00. The van der Waals surface area contributed by atoms with Gasteiger partial charge in [0, 0.05) is 6.04 Å². The molecule has 0 saturated heterocycles.